The highest BCUT2D eigenvalue weighted by atomic mass is 16.6. The molecule has 8 nitrogen and oxygen atoms in total. The van der Waals surface area contributed by atoms with E-state index in [1.54, 1.807) is 6.92 Å². The molecule has 0 spiro atoms. The minimum Gasteiger partial charge on any atom is -0.493 e. The zero-order valence-corrected chi connectivity index (χ0v) is 14.1. The lowest BCUT2D eigenvalue weighted by atomic mass is 9.95. The van der Waals surface area contributed by atoms with Crippen LogP contribution in [0.3, 0.4) is 0 Å². The molecule has 0 radical (unpaired) electrons. The van der Waals surface area contributed by atoms with E-state index in [2.05, 4.69) is 10.6 Å². The van der Waals surface area contributed by atoms with Gasteiger partial charge in [0, 0.05) is 12.1 Å². The first-order valence-electron chi connectivity index (χ1n) is 7.98. The predicted octanol–water partition coefficient (Wildman–Crippen LogP) is 1.73. The highest BCUT2D eigenvalue weighted by molar-refractivity contribution is 5.99. The molecule has 2 atom stereocenters. The van der Waals surface area contributed by atoms with Crippen LogP contribution < -0.4 is 20.1 Å². The zero-order chi connectivity index (χ0) is 17.7. The molecular formula is C16H23N3O5. The Kier molecular flexibility index (Phi) is 5.97. The Morgan fingerprint density at radius 2 is 2.21 bits per heavy atom. The van der Waals surface area contributed by atoms with Crippen LogP contribution in [0.1, 0.15) is 30.6 Å². The third-order valence-corrected chi connectivity index (χ3v) is 4.12. The molecule has 132 valence electrons. The molecule has 1 aromatic rings. The van der Waals surface area contributed by atoms with Gasteiger partial charge in [0.2, 0.25) is 0 Å². The topological polar surface area (TPSA) is 103 Å². The lowest BCUT2D eigenvalue weighted by molar-refractivity contribution is -0.385. The van der Waals surface area contributed by atoms with Gasteiger partial charge < -0.3 is 20.1 Å². The van der Waals surface area contributed by atoms with Crippen molar-refractivity contribution in [1.29, 1.82) is 0 Å². The van der Waals surface area contributed by atoms with Crippen molar-refractivity contribution in [1.82, 2.24) is 10.6 Å². The van der Waals surface area contributed by atoms with E-state index < -0.39 is 10.8 Å². The lowest BCUT2D eigenvalue weighted by Crippen LogP contribution is -2.48. The van der Waals surface area contributed by atoms with E-state index in [-0.39, 0.29) is 29.0 Å². The Balaban J connectivity index is 2.32. The molecule has 1 amide bonds. The summed E-state index contributed by atoms with van der Waals surface area (Å²) in [7, 11) is 1.43. The number of rotatable bonds is 6. The SMILES string of the molecule is CCOc1cc([N+](=O)[O-])c(C(=O)NC2CCNCC2C)cc1OC. The van der Waals surface area contributed by atoms with Crippen molar-refractivity contribution in [2.45, 2.75) is 26.3 Å². The number of benzene rings is 1. The van der Waals surface area contributed by atoms with E-state index in [0.717, 1.165) is 19.5 Å². The third-order valence-electron chi connectivity index (χ3n) is 4.12. The van der Waals surface area contributed by atoms with E-state index in [1.165, 1.54) is 19.2 Å². The molecule has 1 saturated heterocycles. The minimum atomic E-state index is -0.581. The summed E-state index contributed by atoms with van der Waals surface area (Å²) in [4.78, 5) is 23.4. The average molecular weight is 337 g/mol. The number of nitro benzene ring substituents is 1. The maximum atomic E-state index is 12.6. The fourth-order valence-corrected chi connectivity index (χ4v) is 2.78. The van der Waals surface area contributed by atoms with Crippen LogP contribution in [0, 0.1) is 16.0 Å². The summed E-state index contributed by atoms with van der Waals surface area (Å²) < 4.78 is 10.5. The highest BCUT2D eigenvalue weighted by Gasteiger charge is 2.28. The molecule has 0 bridgehead atoms. The predicted molar refractivity (Wildman–Crippen MR) is 88.7 cm³/mol. The van der Waals surface area contributed by atoms with Gasteiger partial charge in [-0.25, -0.2) is 0 Å². The van der Waals surface area contributed by atoms with E-state index in [0.29, 0.717) is 12.4 Å². The molecule has 1 aromatic carbocycles. The van der Waals surface area contributed by atoms with Gasteiger partial charge in [0.05, 0.1) is 24.7 Å². The van der Waals surface area contributed by atoms with Crippen molar-refractivity contribution in [3.8, 4) is 11.5 Å². The van der Waals surface area contributed by atoms with Gasteiger partial charge in [0.15, 0.2) is 11.5 Å². The summed E-state index contributed by atoms with van der Waals surface area (Å²) in [6.45, 7) is 5.75. The van der Waals surface area contributed by atoms with Gasteiger partial charge in [-0.3, -0.25) is 14.9 Å². The highest BCUT2D eigenvalue weighted by Crippen LogP contribution is 2.35. The Morgan fingerprint density at radius 3 is 2.79 bits per heavy atom. The van der Waals surface area contributed by atoms with E-state index >= 15 is 0 Å². The van der Waals surface area contributed by atoms with Crippen LogP contribution in [-0.2, 0) is 0 Å². The Labute approximate surface area is 140 Å². The van der Waals surface area contributed by atoms with Crippen LogP contribution in [-0.4, -0.2) is 43.7 Å². The molecule has 2 rings (SSSR count). The minimum absolute atomic E-state index is 0.0177. The van der Waals surface area contributed by atoms with E-state index in [9.17, 15) is 14.9 Å². The maximum absolute atomic E-state index is 12.6. The number of ether oxygens (including phenoxy) is 2. The van der Waals surface area contributed by atoms with Crippen LogP contribution in [0.15, 0.2) is 12.1 Å². The Hall–Kier alpha value is -2.35. The second-order valence-electron chi connectivity index (χ2n) is 5.76. The van der Waals surface area contributed by atoms with E-state index in [4.69, 9.17) is 9.47 Å². The molecule has 1 fully saturated rings. The summed E-state index contributed by atoms with van der Waals surface area (Å²) >= 11 is 0. The summed E-state index contributed by atoms with van der Waals surface area (Å²) in [6, 6.07) is 2.59. The monoisotopic (exact) mass is 337 g/mol. The number of nitro groups is 1. The number of carbonyl (C=O) groups excluding carboxylic acids is 1. The number of amides is 1. The fraction of sp³-hybridized carbons (Fsp3) is 0.562. The molecule has 1 aliphatic heterocycles. The summed E-state index contributed by atoms with van der Waals surface area (Å²) in [5.74, 6) is 0.331. The Morgan fingerprint density at radius 1 is 1.46 bits per heavy atom. The quantitative estimate of drug-likeness (QED) is 0.605. The van der Waals surface area contributed by atoms with Crippen molar-refractivity contribution >= 4 is 11.6 Å². The van der Waals surface area contributed by atoms with E-state index in [1.807, 2.05) is 6.92 Å². The van der Waals surface area contributed by atoms with Crippen molar-refractivity contribution in [2.75, 3.05) is 26.8 Å². The van der Waals surface area contributed by atoms with Gasteiger partial charge >= 0.3 is 0 Å². The molecule has 1 aliphatic rings. The number of hydrogen-bond donors (Lipinski definition) is 2. The van der Waals surface area contributed by atoms with Gasteiger partial charge in [0.1, 0.15) is 5.56 Å². The van der Waals surface area contributed by atoms with Gasteiger partial charge in [-0.05, 0) is 32.4 Å². The first-order chi connectivity index (χ1) is 11.5. The van der Waals surface area contributed by atoms with Crippen LogP contribution in [0.25, 0.3) is 0 Å². The number of nitrogens with zero attached hydrogens (tertiary/aromatic N) is 1. The zero-order valence-electron chi connectivity index (χ0n) is 14.1. The molecule has 0 saturated carbocycles. The molecule has 8 heteroatoms. The number of nitrogens with one attached hydrogen (secondary N) is 2. The van der Waals surface area contributed by atoms with Gasteiger partial charge in [-0.15, -0.1) is 0 Å². The average Bonchev–Trinajstić information content (AvgIpc) is 2.56. The largest absolute Gasteiger partial charge is 0.493 e. The van der Waals surface area contributed by atoms with Crippen molar-refractivity contribution in [2.24, 2.45) is 5.92 Å². The summed E-state index contributed by atoms with van der Waals surface area (Å²) in [5.41, 5.74) is -0.315. The number of carbonyl (C=O) groups is 1. The van der Waals surface area contributed by atoms with Crippen LogP contribution in [0.4, 0.5) is 5.69 Å². The number of piperidine rings is 1. The third kappa shape index (κ3) is 3.94. The van der Waals surface area contributed by atoms with Gasteiger partial charge in [-0.2, -0.15) is 0 Å². The maximum Gasteiger partial charge on any atom is 0.286 e. The molecule has 2 unspecified atom stereocenters. The normalized spacial score (nSPS) is 20.3. The van der Waals surface area contributed by atoms with Gasteiger partial charge in [-0.1, -0.05) is 6.92 Å². The first-order valence-corrected chi connectivity index (χ1v) is 7.98. The molecule has 24 heavy (non-hydrogen) atoms. The summed E-state index contributed by atoms with van der Waals surface area (Å²) in [6.07, 6.45) is 0.787. The molecule has 2 N–H and O–H groups in total. The van der Waals surface area contributed by atoms with Crippen molar-refractivity contribution in [3.05, 3.63) is 27.8 Å². The standard InChI is InChI=1S/C16H23N3O5/c1-4-24-15-8-13(19(21)22)11(7-14(15)23-3)16(20)18-12-5-6-17-9-10(12)2/h7-8,10,12,17H,4-6,9H2,1-3H3,(H,18,20). The molecule has 0 aromatic heterocycles. The van der Waals surface area contributed by atoms with Crippen LogP contribution >= 0.6 is 0 Å². The fourth-order valence-electron chi connectivity index (χ4n) is 2.78. The van der Waals surface area contributed by atoms with Gasteiger partial charge in [0.25, 0.3) is 11.6 Å². The second-order valence-corrected chi connectivity index (χ2v) is 5.76. The Bertz CT molecular complexity index is 620. The molecule has 0 aliphatic carbocycles. The number of hydrogen-bond acceptors (Lipinski definition) is 6. The van der Waals surface area contributed by atoms with Crippen LogP contribution in [0.5, 0.6) is 11.5 Å². The molecular weight excluding hydrogens is 314 g/mol. The van der Waals surface area contributed by atoms with Crippen molar-refractivity contribution < 1.29 is 19.2 Å². The second kappa shape index (κ2) is 7.96. The van der Waals surface area contributed by atoms with Crippen molar-refractivity contribution in [3.63, 3.8) is 0 Å². The van der Waals surface area contributed by atoms with Crippen LogP contribution in [0.2, 0.25) is 0 Å². The smallest absolute Gasteiger partial charge is 0.286 e. The number of methoxy groups -OCH3 is 1. The molecule has 1 heterocycles. The lowest BCUT2D eigenvalue weighted by Gasteiger charge is -2.30. The first kappa shape index (κ1) is 18.0. The summed E-state index contributed by atoms with van der Waals surface area (Å²) in [5, 5.41) is 17.5.